The first-order valence-electron chi connectivity index (χ1n) is 5.29. The van der Waals surface area contributed by atoms with E-state index in [1.165, 1.54) is 0 Å². The fourth-order valence-electron chi connectivity index (χ4n) is 1.58. The summed E-state index contributed by atoms with van der Waals surface area (Å²) in [5.41, 5.74) is 7.49. The number of rotatable bonds is 3. The SMILES string of the molecule is Cn1cc(N)c(C(=O)OCc2ccccc2)c1. The van der Waals surface area contributed by atoms with Crippen molar-refractivity contribution in [2.24, 2.45) is 7.05 Å². The molecule has 4 heteroatoms. The molecule has 0 amide bonds. The number of carbonyl (C=O) groups excluding carboxylic acids is 1. The minimum absolute atomic E-state index is 0.258. The summed E-state index contributed by atoms with van der Waals surface area (Å²) < 4.78 is 6.91. The molecule has 2 rings (SSSR count). The summed E-state index contributed by atoms with van der Waals surface area (Å²) >= 11 is 0. The third kappa shape index (κ3) is 2.66. The molecule has 0 aliphatic rings. The number of hydrogen-bond donors (Lipinski definition) is 1. The van der Waals surface area contributed by atoms with Gasteiger partial charge < -0.3 is 15.0 Å². The number of nitrogen functional groups attached to an aromatic ring is 1. The smallest absolute Gasteiger partial charge is 0.342 e. The quantitative estimate of drug-likeness (QED) is 0.820. The van der Waals surface area contributed by atoms with Gasteiger partial charge in [0.2, 0.25) is 0 Å². The van der Waals surface area contributed by atoms with Crippen LogP contribution in [0.3, 0.4) is 0 Å². The second kappa shape index (κ2) is 4.74. The van der Waals surface area contributed by atoms with Crippen molar-refractivity contribution in [3.63, 3.8) is 0 Å². The maximum absolute atomic E-state index is 11.7. The molecule has 0 unspecified atom stereocenters. The molecule has 0 aliphatic heterocycles. The first-order valence-corrected chi connectivity index (χ1v) is 5.29. The molecule has 0 aliphatic carbocycles. The number of ether oxygens (including phenoxy) is 1. The number of benzene rings is 1. The standard InChI is InChI=1S/C13H14N2O2/c1-15-7-11(12(14)8-15)13(16)17-9-10-5-3-2-4-6-10/h2-8H,9,14H2,1H3. The minimum atomic E-state index is -0.396. The lowest BCUT2D eigenvalue weighted by atomic mass is 10.2. The Morgan fingerprint density at radius 1 is 1.29 bits per heavy atom. The molecule has 1 aromatic heterocycles. The number of anilines is 1. The molecule has 0 radical (unpaired) electrons. The molecule has 0 atom stereocenters. The van der Waals surface area contributed by atoms with Crippen LogP contribution < -0.4 is 5.73 Å². The Kier molecular flexibility index (Phi) is 3.14. The molecule has 0 bridgehead atoms. The van der Waals surface area contributed by atoms with Crippen LogP contribution in [0.25, 0.3) is 0 Å². The van der Waals surface area contributed by atoms with Gasteiger partial charge in [-0.15, -0.1) is 0 Å². The van der Waals surface area contributed by atoms with Gasteiger partial charge in [-0.05, 0) is 5.56 Å². The van der Waals surface area contributed by atoms with Gasteiger partial charge in [0.15, 0.2) is 0 Å². The van der Waals surface area contributed by atoms with Gasteiger partial charge in [0.05, 0.1) is 5.69 Å². The fourth-order valence-corrected chi connectivity index (χ4v) is 1.58. The summed E-state index contributed by atoms with van der Waals surface area (Å²) in [5.74, 6) is -0.396. The van der Waals surface area contributed by atoms with Gasteiger partial charge in [0.1, 0.15) is 12.2 Å². The predicted molar refractivity (Wildman–Crippen MR) is 65.4 cm³/mol. The van der Waals surface area contributed by atoms with Crippen LogP contribution in [0.1, 0.15) is 15.9 Å². The van der Waals surface area contributed by atoms with Crippen molar-refractivity contribution in [1.29, 1.82) is 0 Å². The van der Waals surface area contributed by atoms with Crippen molar-refractivity contribution in [3.05, 3.63) is 53.9 Å². The van der Waals surface area contributed by atoms with Crippen LogP contribution in [0.4, 0.5) is 5.69 Å². The molecule has 17 heavy (non-hydrogen) atoms. The number of nitrogens with zero attached hydrogens (tertiary/aromatic N) is 1. The zero-order chi connectivity index (χ0) is 12.3. The lowest BCUT2D eigenvalue weighted by Gasteiger charge is -2.03. The van der Waals surface area contributed by atoms with Crippen molar-refractivity contribution in [3.8, 4) is 0 Å². The van der Waals surface area contributed by atoms with E-state index >= 15 is 0 Å². The monoisotopic (exact) mass is 230 g/mol. The highest BCUT2D eigenvalue weighted by atomic mass is 16.5. The van der Waals surface area contributed by atoms with E-state index in [-0.39, 0.29) is 6.61 Å². The first kappa shape index (κ1) is 11.3. The molecule has 2 aromatic rings. The van der Waals surface area contributed by atoms with Crippen LogP contribution in [-0.4, -0.2) is 10.5 Å². The molecule has 1 aromatic carbocycles. The topological polar surface area (TPSA) is 57.2 Å². The van der Waals surface area contributed by atoms with E-state index in [1.54, 1.807) is 17.0 Å². The molecular weight excluding hydrogens is 216 g/mol. The van der Waals surface area contributed by atoms with Crippen molar-refractivity contribution < 1.29 is 9.53 Å². The summed E-state index contributed by atoms with van der Waals surface area (Å²) in [6, 6.07) is 9.53. The zero-order valence-electron chi connectivity index (χ0n) is 9.59. The number of hydrogen-bond acceptors (Lipinski definition) is 3. The van der Waals surface area contributed by atoms with Crippen molar-refractivity contribution in [2.75, 3.05) is 5.73 Å². The van der Waals surface area contributed by atoms with Gasteiger partial charge in [-0.3, -0.25) is 0 Å². The number of aryl methyl sites for hydroxylation is 1. The van der Waals surface area contributed by atoms with E-state index in [1.807, 2.05) is 37.4 Å². The molecule has 2 N–H and O–H groups in total. The van der Waals surface area contributed by atoms with Crippen molar-refractivity contribution >= 4 is 11.7 Å². The van der Waals surface area contributed by atoms with Crippen molar-refractivity contribution in [2.45, 2.75) is 6.61 Å². The van der Waals surface area contributed by atoms with Crippen LogP contribution >= 0.6 is 0 Å². The second-order valence-corrected chi connectivity index (χ2v) is 3.85. The molecule has 0 spiro atoms. The molecule has 0 saturated heterocycles. The molecular formula is C13H14N2O2. The zero-order valence-corrected chi connectivity index (χ0v) is 9.59. The lowest BCUT2D eigenvalue weighted by Crippen LogP contribution is -2.06. The van der Waals surface area contributed by atoms with Gasteiger partial charge in [-0.25, -0.2) is 4.79 Å². The lowest BCUT2D eigenvalue weighted by molar-refractivity contribution is 0.0474. The van der Waals surface area contributed by atoms with E-state index in [9.17, 15) is 4.79 Å². The normalized spacial score (nSPS) is 10.2. The summed E-state index contributed by atoms with van der Waals surface area (Å²) in [7, 11) is 1.81. The Morgan fingerprint density at radius 3 is 2.59 bits per heavy atom. The highest BCUT2D eigenvalue weighted by molar-refractivity contribution is 5.94. The Bertz CT molecular complexity index is 517. The molecule has 4 nitrogen and oxygen atoms in total. The van der Waals surface area contributed by atoms with Gasteiger partial charge >= 0.3 is 5.97 Å². The highest BCUT2D eigenvalue weighted by Gasteiger charge is 2.13. The third-order valence-electron chi connectivity index (χ3n) is 2.42. The van der Waals surface area contributed by atoms with Crippen LogP contribution in [0.2, 0.25) is 0 Å². The molecule has 0 fully saturated rings. The van der Waals surface area contributed by atoms with Crippen molar-refractivity contribution in [1.82, 2.24) is 4.57 Å². The maximum Gasteiger partial charge on any atom is 0.342 e. The van der Waals surface area contributed by atoms with Crippen LogP contribution in [-0.2, 0) is 18.4 Å². The van der Waals surface area contributed by atoms with E-state index < -0.39 is 5.97 Å². The average Bonchev–Trinajstić information content (AvgIpc) is 2.67. The summed E-state index contributed by atoms with van der Waals surface area (Å²) in [4.78, 5) is 11.7. The fraction of sp³-hybridized carbons (Fsp3) is 0.154. The Hall–Kier alpha value is -2.23. The number of carbonyl (C=O) groups is 1. The molecule has 88 valence electrons. The average molecular weight is 230 g/mol. The highest BCUT2D eigenvalue weighted by Crippen LogP contribution is 2.14. The maximum atomic E-state index is 11.7. The van der Waals surface area contributed by atoms with E-state index in [0.29, 0.717) is 11.3 Å². The molecule has 1 heterocycles. The predicted octanol–water partition coefficient (Wildman–Crippen LogP) is 1.96. The summed E-state index contributed by atoms with van der Waals surface area (Å²) in [5, 5.41) is 0. The Labute approximate surface area is 99.6 Å². The minimum Gasteiger partial charge on any atom is -0.457 e. The van der Waals surface area contributed by atoms with Gasteiger partial charge in [0.25, 0.3) is 0 Å². The first-order chi connectivity index (χ1) is 8.16. The summed E-state index contributed by atoms with van der Waals surface area (Å²) in [6.07, 6.45) is 3.34. The molecule has 0 saturated carbocycles. The number of aromatic nitrogens is 1. The third-order valence-corrected chi connectivity index (χ3v) is 2.42. The van der Waals surface area contributed by atoms with E-state index in [0.717, 1.165) is 5.56 Å². The van der Waals surface area contributed by atoms with E-state index in [4.69, 9.17) is 10.5 Å². The largest absolute Gasteiger partial charge is 0.457 e. The number of nitrogens with two attached hydrogens (primary N) is 1. The Morgan fingerprint density at radius 2 is 2.00 bits per heavy atom. The van der Waals surface area contributed by atoms with E-state index in [2.05, 4.69) is 0 Å². The summed E-state index contributed by atoms with van der Waals surface area (Å²) in [6.45, 7) is 0.258. The van der Waals surface area contributed by atoms with Crippen LogP contribution in [0.15, 0.2) is 42.7 Å². The van der Waals surface area contributed by atoms with Crippen LogP contribution in [0, 0.1) is 0 Å². The van der Waals surface area contributed by atoms with Gasteiger partial charge in [-0.2, -0.15) is 0 Å². The van der Waals surface area contributed by atoms with Gasteiger partial charge in [0, 0.05) is 19.4 Å². The van der Waals surface area contributed by atoms with Gasteiger partial charge in [-0.1, -0.05) is 30.3 Å². The second-order valence-electron chi connectivity index (χ2n) is 3.85. The van der Waals surface area contributed by atoms with Crippen LogP contribution in [0.5, 0.6) is 0 Å². The number of esters is 1. The Balaban J connectivity index is 2.01.